The number of aliphatic hydroxyl groups excluding tert-OH is 1. The predicted octanol–water partition coefficient (Wildman–Crippen LogP) is 2.73. The minimum absolute atomic E-state index is 0.251. The number of β-amino-alcohol motifs (C(OH)–C–C–N with tert-alkyl or cyclic N) is 1. The maximum Gasteiger partial charge on any atom is 0.247 e. The largest absolute Gasteiger partial charge is 0.389 e. The monoisotopic (exact) mass is 454 g/mol. The van der Waals surface area contributed by atoms with E-state index in [1.54, 1.807) is 18.2 Å². The number of aromatic nitrogens is 3. The summed E-state index contributed by atoms with van der Waals surface area (Å²) in [5, 5.41) is 19.5. The highest BCUT2D eigenvalue weighted by Gasteiger charge is 2.23. The van der Waals surface area contributed by atoms with Gasteiger partial charge in [-0.05, 0) is 26.8 Å². The minimum atomic E-state index is -0.522. The summed E-state index contributed by atoms with van der Waals surface area (Å²) in [6, 6.07) is 5.26. The van der Waals surface area contributed by atoms with Crippen molar-refractivity contribution in [3.8, 4) is 11.3 Å². The zero-order valence-corrected chi connectivity index (χ0v) is 19.0. The Balaban J connectivity index is 1.58. The third-order valence-corrected chi connectivity index (χ3v) is 5.56. The first-order valence-corrected chi connectivity index (χ1v) is 10.6. The van der Waals surface area contributed by atoms with E-state index in [1.165, 1.54) is 0 Å². The number of halogens is 2. The maximum atomic E-state index is 10.2. The Hall–Kier alpha value is -1.71. The Labute approximate surface area is 186 Å². The van der Waals surface area contributed by atoms with Crippen LogP contribution in [0.4, 0.5) is 11.8 Å². The highest BCUT2D eigenvalue weighted by Crippen LogP contribution is 2.34. The summed E-state index contributed by atoms with van der Waals surface area (Å²) < 4.78 is 5.65. The fraction of sp³-hybridized carbons (Fsp3) is 0.550. The molecule has 1 saturated heterocycles. The van der Waals surface area contributed by atoms with Crippen LogP contribution in [0.3, 0.4) is 0 Å². The number of nitrogens with two attached hydrogens (primary N) is 1. The second kappa shape index (κ2) is 9.62. The van der Waals surface area contributed by atoms with Crippen molar-refractivity contribution in [3.63, 3.8) is 0 Å². The van der Waals surface area contributed by atoms with Gasteiger partial charge in [0.2, 0.25) is 5.95 Å². The summed E-state index contributed by atoms with van der Waals surface area (Å²) in [5.74, 6) is 0.729. The molecule has 0 unspecified atom stereocenters. The number of ether oxygens (including phenoxy) is 1. The van der Waals surface area contributed by atoms with Crippen LogP contribution in [0, 0.1) is 0 Å². The number of rotatable bonds is 6. The molecular weight excluding hydrogens is 427 g/mol. The molecule has 1 aromatic carbocycles. The molecule has 0 amide bonds. The van der Waals surface area contributed by atoms with Crippen LogP contribution in [0.5, 0.6) is 0 Å². The van der Waals surface area contributed by atoms with E-state index >= 15 is 0 Å². The molecule has 1 atom stereocenters. The number of hydrogen-bond donors (Lipinski definition) is 2. The normalized spacial score (nSPS) is 16.7. The number of hydrogen-bond acceptors (Lipinski definition) is 8. The molecule has 10 heteroatoms. The van der Waals surface area contributed by atoms with Gasteiger partial charge in [0, 0.05) is 38.3 Å². The maximum absolute atomic E-state index is 10.2. The fourth-order valence-electron chi connectivity index (χ4n) is 3.17. The van der Waals surface area contributed by atoms with Crippen LogP contribution in [-0.4, -0.2) is 76.2 Å². The summed E-state index contributed by atoms with van der Waals surface area (Å²) in [4.78, 5) is 8.65. The van der Waals surface area contributed by atoms with Crippen LogP contribution in [0.15, 0.2) is 18.2 Å². The molecule has 0 spiro atoms. The molecule has 0 bridgehead atoms. The van der Waals surface area contributed by atoms with Gasteiger partial charge in [-0.25, -0.2) is 0 Å². The Morgan fingerprint density at radius 3 is 2.50 bits per heavy atom. The molecule has 1 aromatic heterocycles. The van der Waals surface area contributed by atoms with Gasteiger partial charge in [-0.3, -0.25) is 4.90 Å². The van der Waals surface area contributed by atoms with Crippen molar-refractivity contribution in [1.29, 1.82) is 0 Å². The van der Waals surface area contributed by atoms with Crippen molar-refractivity contribution < 1.29 is 9.84 Å². The second-order valence-electron chi connectivity index (χ2n) is 8.31. The molecule has 0 saturated carbocycles. The van der Waals surface area contributed by atoms with Crippen molar-refractivity contribution in [2.75, 3.05) is 50.0 Å². The van der Waals surface area contributed by atoms with E-state index in [0.717, 1.165) is 13.1 Å². The number of anilines is 2. The molecule has 30 heavy (non-hydrogen) atoms. The Morgan fingerprint density at radius 2 is 1.87 bits per heavy atom. The van der Waals surface area contributed by atoms with E-state index in [4.69, 9.17) is 33.7 Å². The number of nitrogen functional groups attached to an aromatic ring is 1. The lowest BCUT2D eigenvalue weighted by Crippen LogP contribution is -2.49. The van der Waals surface area contributed by atoms with E-state index in [-0.39, 0.29) is 11.4 Å². The van der Waals surface area contributed by atoms with Gasteiger partial charge in [0.25, 0.3) is 0 Å². The highest BCUT2D eigenvalue weighted by atomic mass is 35.5. The van der Waals surface area contributed by atoms with Crippen LogP contribution in [-0.2, 0) is 4.74 Å². The SMILES string of the molecule is CC(C)(C)OC[C@@H](O)CN1CCN(c2nnc(-c3cccc(Cl)c3Cl)c(N)n2)CC1. The van der Waals surface area contributed by atoms with Crippen LogP contribution in [0.1, 0.15) is 20.8 Å². The average molecular weight is 455 g/mol. The summed E-state index contributed by atoms with van der Waals surface area (Å²) in [5.41, 5.74) is 6.89. The van der Waals surface area contributed by atoms with E-state index in [2.05, 4.69) is 20.1 Å². The average Bonchev–Trinajstić information content (AvgIpc) is 2.69. The molecule has 1 aliphatic rings. The van der Waals surface area contributed by atoms with Crippen molar-refractivity contribution in [3.05, 3.63) is 28.2 Å². The van der Waals surface area contributed by atoms with Gasteiger partial charge in [-0.1, -0.05) is 35.3 Å². The van der Waals surface area contributed by atoms with Crippen molar-refractivity contribution in [1.82, 2.24) is 20.1 Å². The van der Waals surface area contributed by atoms with Crippen molar-refractivity contribution in [2.24, 2.45) is 0 Å². The lowest BCUT2D eigenvalue weighted by atomic mass is 10.1. The number of aliphatic hydroxyl groups is 1. The van der Waals surface area contributed by atoms with Crippen LogP contribution < -0.4 is 10.6 Å². The topological polar surface area (TPSA) is 101 Å². The summed E-state index contributed by atoms with van der Waals surface area (Å²) in [6.07, 6.45) is -0.522. The Bertz CT molecular complexity index is 869. The molecule has 3 rings (SSSR count). The number of piperazine rings is 1. The van der Waals surface area contributed by atoms with Gasteiger partial charge >= 0.3 is 0 Å². The molecule has 1 aliphatic heterocycles. The molecule has 3 N–H and O–H groups in total. The van der Waals surface area contributed by atoms with Gasteiger partial charge in [0.1, 0.15) is 5.69 Å². The molecule has 164 valence electrons. The lowest BCUT2D eigenvalue weighted by molar-refractivity contribution is -0.0563. The summed E-state index contributed by atoms with van der Waals surface area (Å²) in [7, 11) is 0. The zero-order valence-electron chi connectivity index (χ0n) is 17.5. The summed E-state index contributed by atoms with van der Waals surface area (Å²) >= 11 is 12.3. The molecule has 8 nitrogen and oxygen atoms in total. The first kappa shape index (κ1) is 23.0. The quantitative estimate of drug-likeness (QED) is 0.686. The van der Waals surface area contributed by atoms with Gasteiger partial charge < -0.3 is 20.5 Å². The number of nitrogens with zero attached hydrogens (tertiary/aromatic N) is 5. The van der Waals surface area contributed by atoms with Crippen molar-refractivity contribution in [2.45, 2.75) is 32.5 Å². The fourth-order valence-corrected chi connectivity index (χ4v) is 3.56. The Morgan fingerprint density at radius 1 is 1.17 bits per heavy atom. The lowest BCUT2D eigenvalue weighted by Gasteiger charge is -2.35. The molecule has 2 aromatic rings. The van der Waals surface area contributed by atoms with E-state index in [0.29, 0.717) is 53.5 Å². The molecule has 0 radical (unpaired) electrons. The zero-order chi connectivity index (χ0) is 21.9. The Kier molecular flexibility index (Phi) is 7.36. The molecule has 1 fully saturated rings. The second-order valence-corrected chi connectivity index (χ2v) is 9.10. The molecule has 2 heterocycles. The van der Waals surface area contributed by atoms with E-state index < -0.39 is 6.10 Å². The minimum Gasteiger partial charge on any atom is -0.389 e. The van der Waals surface area contributed by atoms with E-state index in [9.17, 15) is 5.11 Å². The van der Waals surface area contributed by atoms with Gasteiger partial charge in [0.05, 0.1) is 28.4 Å². The third-order valence-electron chi connectivity index (χ3n) is 4.74. The van der Waals surface area contributed by atoms with Gasteiger partial charge in [-0.15, -0.1) is 10.2 Å². The van der Waals surface area contributed by atoms with Crippen molar-refractivity contribution >= 4 is 35.0 Å². The highest BCUT2D eigenvalue weighted by molar-refractivity contribution is 6.43. The predicted molar refractivity (Wildman–Crippen MR) is 120 cm³/mol. The first-order valence-electron chi connectivity index (χ1n) is 9.88. The molecular formula is C20H28Cl2N6O2. The third kappa shape index (κ3) is 5.92. The smallest absolute Gasteiger partial charge is 0.247 e. The standard InChI is InChI=1S/C20H28Cl2N6O2/c1-20(2,3)30-12-13(29)11-27-7-9-28(10-8-27)19-24-18(23)17(25-26-19)14-5-4-6-15(21)16(14)22/h4-6,13,29H,7-12H2,1-3H3,(H2,23,24,26)/t13-/m0/s1. The van der Waals surface area contributed by atoms with Crippen LogP contribution in [0.2, 0.25) is 10.0 Å². The van der Waals surface area contributed by atoms with Crippen LogP contribution >= 0.6 is 23.2 Å². The number of benzene rings is 1. The van der Waals surface area contributed by atoms with Crippen LogP contribution in [0.25, 0.3) is 11.3 Å². The molecule has 0 aliphatic carbocycles. The summed E-state index contributed by atoms with van der Waals surface area (Å²) in [6.45, 7) is 9.79. The van der Waals surface area contributed by atoms with Gasteiger partial charge in [0.15, 0.2) is 5.82 Å². The first-order chi connectivity index (χ1) is 14.1. The van der Waals surface area contributed by atoms with Gasteiger partial charge in [-0.2, -0.15) is 4.98 Å². The van der Waals surface area contributed by atoms with E-state index in [1.807, 2.05) is 25.7 Å².